The topological polar surface area (TPSA) is 26.3 Å². The Labute approximate surface area is 88.5 Å². The zero-order chi connectivity index (χ0) is 11.6. The molecule has 0 atom stereocenters. The Morgan fingerprint density at radius 1 is 1.36 bits per heavy atom. The first-order chi connectivity index (χ1) is 6.08. The summed E-state index contributed by atoms with van der Waals surface area (Å²) in [7, 11) is -1.73. The minimum atomic E-state index is -1.73. The first-order valence-electron chi connectivity index (χ1n) is 4.90. The van der Waals surface area contributed by atoms with Crippen molar-refractivity contribution in [2.45, 2.75) is 45.8 Å². The van der Waals surface area contributed by atoms with Gasteiger partial charge in [0.25, 0.3) is 0 Å². The van der Waals surface area contributed by atoms with Crippen LogP contribution in [0.4, 0.5) is 0 Å². The first kappa shape index (κ1) is 13.6. The third-order valence-corrected chi connectivity index (χ3v) is 7.39. The molecule has 0 radical (unpaired) electrons. The first-order valence-corrected chi connectivity index (χ1v) is 7.81. The van der Waals surface area contributed by atoms with E-state index in [1.165, 1.54) is 6.92 Å². The van der Waals surface area contributed by atoms with Crippen molar-refractivity contribution < 1.29 is 9.22 Å². The molecule has 0 unspecified atom stereocenters. The molecule has 14 heavy (non-hydrogen) atoms. The number of Topliss-reactive ketones (excluding diaryl/α,β-unsaturated/α-hetero) is 1. The van der Waals surface area contributed by atoms with Crippen LogP contribution in [0.3, 0.4) is 0 Å². The molecule has 0 aromatic rings. The smallest absolute Gasteiger partial charge is 0.192 e. The second-order valence-electron chi connectivity index (χ2n) is 5.21. The molecule has 0 aliphatic heterocycles. The van der Waals surface area contributed by atoms with Gasteiger partial charge in [-0.05, 0) is 25.1 Å². The molecule has 0 amide bonds. The van der Waals surface area contributed by atoms with E-state index in [1.807, 2.05) is 0 Å². The van der Waals surface area contributed by atoms with Crippen LogP contribution in [0.5, 0.6) is 0 Å². The molecule has 0 aliphatic rings. The number of carbonyl (C=O) groups is 1. The number of hydrogen-bond donors (Lipinski definition) is 0. The summed E-state index contributed by atoms with van der Waals surface area (Å²) < 4.78 is 5.84. The minimum absolute atomic E-state index is 0.0173. The maximum atomic E-state index is 10.9. The summed E-state index contributed by atoms with van der Waals surface area (Å²) in [6.45, 7) is 16.5. The van der Waals surface area contributed by atoms with Crippen LogP contribution in [0.25, 0.3) is 0 Å². The van der Waals surface area contributed by atoms with E-state index in [-0.39, 0.29) is 10.8 Å². The molecule has 2 nitrogen and oxygen atoms in total. The number of ketones is 1. The second-order valence-corrected chi connectivity index (χ2v) is 10.0. The summed E-state index contributed by atoms with van der Waals surface area (Å²) in [5, 5.41) is 0.185. The lowest BCUT2D eigenvalue weighted by molar-refractivity contribution is -0.113. The molecule has 0 spiro atoms. The zero-order valence-electron chi connectivity index (χ0n) is 10.2. The summed E-state index contributed by atoms with van der Waals surface area (Å²) in [6, 6.07) is 0. The van der Waals surface area contributed by atoms with E-state index in [0.29, 0.717) is 12.2 Å². The molecule has 0 rings (SSSR count). The van der Waals surface area contributed by atoms with E-state index in [0.717, 1.165) is 0 Å². The van der Waals surface area contributed by atoms with Crippen LogP contribution in [0.1, 0.15) is 27.7 Å². The predicted molar refractivity (Wildman–Crippen MR) is 63.0 cm³/mol. The van der Waals surface area contributed by atoms with Gasteiger partial charge in [-0.1, -0.05) is 27.4 Å². The summed E-state index contributed by atoms with van der Waals surface area (Å²) in [5.41, 5.74) is 0.565. The molecule has 82 valence electrons. The second kappa shape index (κ2) is 4.40. The van der Waals surface area contributed by atoms with Crippen molar-refractivity contribution in [1.82, 2.24) is 0 Å². The number of hydrogen-bond acceptors (Lipinski definition) is 2. The Balaban J connectivity index is 4.27. The highest BCUT2D eigenvalue weighted by molar-refractivity contribution is 6.74. The van der Waals surface area contributed by atoms with Gasteiger partial charge in [-0.25, -0.2) is 0 Å². The van der Waals surface area contributed by atoms with Gasteiger partial charge in [-0.2, -0.15) is 0 Å². The minimum Gasteiger partial charge on any atom is -0.412 e. The van der Waals surface area contributed by atoms with Crippen LogP contribution in [0.2, 0.25) is 18.1 Å². The largest absolute Gasteiger partial charge is 0.412 e. The van der Waals surface area contributed by atoms with Crippen LogP contribution < -0.4 is 0 Å². The summed E-state index contributed by atoms with van der Waals surface area (Å²) >= 11 is 0. The van der Waals surface area contributed by atoms with E-state index >= 15 is 0 Å². The van der Waals surface area contributed by atoms with Crippen molar-refractivity contribution in [3.63, 3.8) is 0 Å². The van der Waals surface area contributed by atoms with Crippen molar-refractivity contribution in [3.8, 4) is 0 Å². The maximum Gasteiger partial charge on any atom is 0.192 e. The molecule has 3 heteroatoms. The molecular formula is C11H22O2Si. The normalized spacial score (nSPS) is 12.7. The van der Waals surface area contributed by atoms with E-state index in [9.17, 15) is 4.79 Å². The van der Waals surface area contributed by atoms with Crippen LogP contribution in [-0.4, -0.2) is 20.7 Å². The molecule has 0 aromatic heterocycles. The molecule has 0 saturated carbocycles. The maximum absolute atomic E-state index is 10.9. The van der Waals surface area contributed by atoms with Crippen molar-refractivity contribution in [2.75, 3.05) is 6.61 Å². The van der Waals surface area contributed by atoms with E-state index in [1.54, 1.807) is 0 Å². The van der Waals surface area contributed by atoms with Gasteiger partial charge < -0.3 is 4.43 Å². The lowest BCUT2D eigenvalue weighted by Crippen LogP contribution is -2.41. The predicted octanol–water partition coefficient (Wildman–Crippen LogP) is 3.15. The fourth-order valence-corrected chi connectivity index (χ4v) is 1.55. The molecule has 0 bridgehead atoms. The standard InChI is InChI=1S/C11H22O2Si/c1-9(10(2)12)8-13-14(6,7)11(3,4)5/h1,8H2,2-7H3. The fourth-order valence-electron chi connectivity index (χ4n) is 0.586. The lowest BCUT2D eigenvalue weighted by Gasteiger charge is -2.36. The molecule has 0 saturated heterocycles. The van der Waals surface area contributed by atoms with Gasteiger partial charge in [0.15, 0.2) is 14.1 Å². The monoisotopic (exact) mass is 214 g/mol. The van der Waals surface area contributed by atoms with Gasteiger partial charge in [0.2, 0.25) is 0 Å². The van der Waals surface area contributed by atoms with Crippen LogP contribution in [0, 0.1) is 0 Å². The zero-order valence-corrected chi connectivity index (χ0v) is 11.2. The average Bonchev–Trinajstić information content (AvgIpc) is 1.97. The Morgan fingerprint density at radius 3 is 2.07 bits per heavy atom. The van der Waals surface area contributed by atoms with E-state index in [4.69, 9.17) is 4.43 Å². The lowest BCUT2D eigenvalue weighted by atomic mass is 10.2. The van der Waals surface area contributed by atoms with Crippen molar-refractivity contribution in [2.24, 2.45) is 0 Å². The van der Waals surface area contributed by atoms with Crippen molar-refractivity contribution in [1.29, 1.82) is 0 Å². The van der Waals surface area contributed by atoms with Crippen LogP contribution in [0.15, 0.2) is 12.2 Å². The van der Waals surface area contributed by atoms with Gasteiger partial charge >= 0.3 is 0 Å². The third kappa shape index (κ3) is 3.76. The van der Waals surface area contributed by atoms with E-state index < -0.39 is 8.32 Å². The van der Waals surface area contributed by atoms with Gasteiger partial charge in [0.1, 0.15) is 0 Å². The number of rotatable bonds is 4. The number of carbonyl (C=O) groups excluding carboxylic acids is 1. The van der Waals surface area contributed by atoms with Crippen LogP contribution in [-0.2, 0) is 9.22 Å². The van der Waals surface area contributed by atoms with Crippen LogP contribution >= 0.6 is 0 Å². The molecule has 0 aliphatic carbocycles. The molecule has 0 fully saturated rings. The third-order valence-electron chi connectivity index (χ3n) is 2.91. The van der Waals surface area contributed by atoms with Gasteiger partial charge in [0, 0.05) is 5.57 Å². The summed E-state index contributed by atoms with van der Waals surface area (Å²) in [5.74, 6) is 0.0173. The molecule has 0 N–H and O–H groups in total. The molecule has 0 heterocycles. The van der Waals surface area contributed by atoms with Crippen molar-refractivity contribution in [3.05, 3.63) is 12.2 Å². The SMILES string of the molecule is C=C(CO[Si](C)(C)C(C)(C)C)C(C)=O. The highest BCUT2D eigenvalue weighted by Crippen LogP contribution is 2.36. The molecular weight excluding hydrogens is 192 g/mol. The van der Waals surface area contributed by atoms with Gasteiger partial charge in [0.05, 0.1) is 6.61 Å². The van der Waals surface area contributed by atoms with Gasteiger partial charge in [-0.3, -0.25) is 4.79 Å². The Kier molecular flexibility index (Phi) is 4.27. The Bertz CT molecular complexity index is 236. The Hall–Kier alpha value is -0.413. The summed E-state index contributed by atoms with van der Waals surface area (Å²) in [4.78, 5) is 10.9. The highest BCUT2D eigenvalue weighted by Gasteiger charge is 2.37. The van der Waals surface area contributed by atoms with E-state index in [2.05, 4.69) is 40.4 Å². The van der Waals surface area contributed by atoms with Crippen molar-refractivity contribution >= 4 is 14.1 Å². The molecule has 0 aromatic carbocycles. The Morgan fingerprint density at radius 2 is 1.79 bits per heavy atom. The average molecular weight is 214 g/mol. The van der Waals surface area contributed by atoms with Gasteiger partial charge in [-0.15, -0.1) is 0 Å². The fraction of sp³-hybridized carbons (Fsp3) is 0.727. The highest BCUT2D eigenvalue weighted by atomic mass is 28.4. The quantitative estimate of drug-likeness (QED) is 0.531. The summed E-state index contributed by atoms with van der Waals surface area (Å²) in [6.07, 6.45) is 0.